The first kappa shape index (κ1) is 17.2. The number of rotatable bonds is 6. The van der Waals surface area contributed by atoms with Gasteiger partial charge >= 0.3 is 0 Å². The zero-order valence-corrected chi connectivity index (χ0v) is 13.8. The first-order valence-corrected chi connectivity index (χ1v) is 7.94. The number of carbonyl (C=O) groups excluding carboxylic acids is 1. The standard InChI is InChI=1S/C20H16N2O4/c23-20(16-9-11-18(12-10-16)22(24)25)21-17-7-4-8-19(13-17)26-14-15-5-2-1-3-6-15/h1-13H,14H2,(H,21,23). The largest absolute Gasteiger partial charge is 0.489 e. The molecule has 3 aromatic carbocycles. The summed E-state index contributed by atoms with van der Waals surface area (Å²) in [6, 6.07) is 22.3. The number of carbonyl (C=O) groups is 1. The van der Waals surface area contributed by atoms with Crippen LogP contribution in [0.25, 0.3) is 0 Å². The maximum absolute atomic E-state index is 12.3. The summed E-state index contributed by atoms with van der Waals surface area (Å²) in [7, 11) is 0. The minimum atomic E-state index is -0.505. The molecule has 0 atom stereocenters. The number of nitrogens with one attached hydrogen (secondary N) is 1. The fourth-order valence-corrected chi connectivity index (χ4v) is 2.34. The van der Waals surface area contributed by atoms with Crippen molar-refractivity contribution in [1.82, 2.24) is 0 Å². The molecule has 0 unspecified atom stereocenters. The normalized spacial score (nSPS) is 10.2. The van der Waals surface area contributed by atoms with Crippen LogP contribution in [0.5, 0.6) is 5.75 Å². The molecule has 3 aromatic rings. The van der Waals surface area contributed by atoms with E-state index in [9.17, 15) is 14.9 Å². The van der Waals surface area contributed by atoms with Crippen molar-refractivity contribution in [2.75, 3.05) is 5.32 Å². The molecule has 0 spiro atoms. The lowest BCUT2D eigenvalue weighted by molar-refractivity contribution is -0.384. The first-order valence-electron chi connectivity index (χ1n) is 7.94. The summed E-state index contributed by atoms with van der Waals surface area (Å²) in [5.41, 5.74) is 1.91. The number of amides is 1. The lowest BCUT2D eigenvalue weighted by Crippen LogP contribution is -2.11. The molecular formula is C20H16N2O4. The van der Waals surface area contributed by atoms with Gasteiger partial charge in [-0.15, -0.1) is 0 Å². The number of nitro benzene ring substituents is 1. The van der Waals surface area contributed by atoms with Crippen LogP contribution in [-0.2, 0) is 6.61 Å². The van der Waals surface area contributed by atoms with Gasteiger partial charge in [-0.25, -0.2) is 0 Å². The Morgan fingerprint density at radius 3 is 2.38 bits per heavy atom. The molecule has 3 rings (SSSR count). The SMILES string of the molecule is O=C(Nc1cccc(OCc2ccccc2)c1)c1ccc([N+](=O)[O-])cc1. The quantitative estimate of drug-likeness (QED) is 0.528. The molecule has 1 N–H and O–H groups in total. The second-order valence-electron chi connectivity index (χ2n) is 5.56. The van der Waals surface area contributed by atoms with Crippen LogP contribution in [0.2, 0.25) is 0 Å². The van der Waals surface area contributed by atoms with E-state index in [0.717, 1.165) is 5.56 Å². The van der Waals surface area contributed by atoms with Gasteiger partial charge in [-0.1, -0.05) is 36.4 Å². The van der Waals surface area contributed by atoms with Crippen LogP contribution in [0, 0.1) is 10.1 Å². The molecular weight excluding hydrogens is 332 g/mol. The monoisotopic (exact) mass is 348 g/mol. The van der Waals surface area contributed by atoms with E-state index in [4.69, 9.17) is 4.74 Å². The smallest absolute Gasteiger partial charge is 0.269 e. The van der Waals surface area contributed by atoms with E-state index in [2.05, 4.69) is 5.32 Å². The second kappa shape index (κ2) is 7.94. The molecule has 130 valence electrons. The number of anilines is 1. The van der Waals surface area contributed by atoms with Gasteiger partial charge in [-0.05, 0) is 29.8 Å². The van der Waals surface area contributed by atoms with Crippen LogP contribution < -0.4 is 10.1 Å². The molecule has 0 aliphatic heterocycles. The minimum absolute atomic E-state index is 0.0575. The molecule has 6 heteroatoms. The fourth-order valence-electron chi connectivity index (χ4n) is 2.34. The Morgan fingerprint density at radius 1 is 0.962 bits per heavy atom. The van der Waals surface area contributed by atoms with E-state index in [1.807, 2.05) is 36.4 Å². The van der Waals surface area contributed by atoms with Crippen LogP contribution in [-0.4, -0.2) is 10.8 Å². The van der Waals surface area contributed by atoms with Crippen molar-refractivity contribution in [2.45, 2.75) is 6.61 Å². The Morgan fingerprint density at radius 2 is 1.69 bits per heavy atom. The molecule has 6 nitrogen and oxygen atoms in total. The third-order valence-electron chi connectivity index (χ3n) is 3.68. The molecule has 0 heterocycles. The molecule has 1 amide bonds. The van der Waals surface area contributed by atoms with E-state index in [-0.39, 0.29) is 11.6 Å². The van der Waals surface area contributed by atoms with Crippen LogP contribution in [0.15, 0.2) is 78.9 Å². The van der Waals surface area contributed by atoms with E-state index in [0.29, 0.717) is 23.6 Å². The molecule has 0 saturated heterocycles. The molecule has 0 fully saturated rings. The number of hydrogen-bond donors (Lipinski definition) is 1. The van der Waals surface area contributed by atoms with Crippen molar-refractivity contribution in [1.29, 1.82) is 0 Å². The highest BCUT2D eigenvalue weighted by Gasteiger charge is 2.10. The Balaban J connectivity index is 1.64. The number of hydrogen-bond acceptors (Lipinski definition) is 4. The number of non-ortho nitro benzene ring substituents is 1. The second-order valence-corrected chi connectivity index (χ2v) is 5.56. The van der Waals surface area contributed by atoms with Crippen LogP contribution in [0.4, 0.5) is 11.4 Å². The first-order chi connectivity index (χ1) is 12.6. The van der Waals surface area contributed by atoms with Gasteiger partial charge in [0.15, 0.2) is 0 Å². The summed E-state index contributed by atoms with van der Waals surface area (Å²) < 4.78 is 5.74. The van der Waals surface area contributed by atoms with Gasteiger partial charge in [0.1, 0.15) is 12.4 Å². The Kier molecular flexibility index (Phi) is 5.24. The summed E-state index contributed by atoms with van der Waals surface area (Å²) in [6.45, 7) is 0.431. The van der Waals surface area contributed by atoms with Gasteiger partial charge in [0, 0.05) is 29.4 Å². The van der Waals surface area contributed by atoms with Crippen molar-refractivity contribution in [3.8, 4) is 5.75 Å². The Labute approximate surface area is 150 Å². The Bertz CT molecular complexity index is 909. The highest BCUT2D eigenvalue weighted by molar-refractivity contribution is 6.04. The van der Waals surface area contributed by atoms with Crippen LogP contribution in [0.1, 0.15) is 15.9 Å². The number of nitrogens with zero attached hydrogens (tertiary/aromatic N) is 1. The van der Waals surface area contributed by atoms with E-state index in [1.165, 1.54) is 24.3 Å². The molecule has 0 radical (unpaired) electrons. The maximum atomic E-state index is 12.3. The van der Waals surface area contributed by atoms with E-state index >= 15 is 0 Å². The van der Waals surface area contributed by atoms with Gasteiger partial charge < -0.3 is 10.1 Å². The minimum Gasteiger partial charge on any atom is -0.489 e. The fraction of sp³-hybridized carbons (Fsp3) is 0.0500. The zero-order valence-electron chi connectivity index (χ0n) is 13.8. The van der Waals surface area contributed by atoms with Crippen molar-refractivity contribution in [3.63, 3.8) is 0 Å². The van der Waals surface area contributed by atoms with Crippen molar-refractivity contribution < 1.29 is 14.5 Å². The van der Waals surface area contributed by atoms with Crippen LogP contribution >= 0.6 is 0 Å². The number of nitro groups is 1. The third-order valence-corrected chi connectivity index (χ3v) is 3.68. The highest BCUT2D eigenvalue weighted by atomic mass is 16.6. The van der Waals surface area contributed by atoms with Gasteiger partial charge in [-0.3, -0.25) is 14.9 Å². The van der Waals surface area contributed by atoms with E-state index < -0.39 is 4.92 Å². The van der Waals surface area contributed by atoms with Crippen molar-refractivity contribution >= 4 is 17.3 Å². The van der Waals surface area contributed by atoms with Gasteiger partial charge in [0.05, 0.1) is 4.92 Å². The maximum Gasteiger partial charge on any atom is 0.269 e. The van der Waals surface area contributed by atoms with Crippen molar-refractivity contribution in [3.05, 3.63) is 100 Å². The molecule has 0 bridgehead atoms. The zero-order chi connectivity index (χ0) is 18.4. The lowest BCUT2D eigenvalue weighted by Gasteiger charge is -2.09. The molecule has 26 heavy (non-hydrogen) atoms. The Hall–Kier alpha value is -3.67. The lowest BCUT2D eigenvalue weighted by atomic mass is 10.2. The summed E-state index contributed by atoms with van der Waals surface area (Å²) >= 11 is 0. The number of benzene rings is 3. The molecule has 0 aliphatic rings. The van der Waals surface area contributed by atoms with Gasteiger partial charge in [0.25, 0.3) is 11.6 Å². The van der Waals surface area contributed by atoms with Gasteiger partial charge in [0.2, 0.25) is 0 Å². The molecule has 0 aromatic heterocycles. The van der Waals surface area contributed by atoms with Crippen LogP contribution in [0.3, 0.4) is 0 Å². The predicted octanol–water partition coefficient (Wildman–Crippen LogP) is 4.43. The average Bonchev–Trinajstić information content (AvgIpc) is 2.67. The summed E-state index contributed by atoms with van der Waals surface area (Å²) in [5, 5.41) is 13.4. The average molecular weight is 348 g/mol. The van der Waals surface area contributed by atoms with Gasteiger partial charge in [-0.2, -0.15) is 0 Å². The topological polar surface area (TPSA) is 81.5 Å². The highest BCUT2D eigenvalue weighted by Crippen LogP contribution is 2.20. The molecule has 0 aliphatic carbocycles. The summed E-state index contributed by atoms with van der Waals surface area (Å²) in [5.74, 6) is 0.287. The third kappa shape index (κ3) is 4.45. The predicted molar refractivity (Wildman–Crippen MR) is 98.3 cm³/mol. The molecule has 0 saturated carbocycles. The number of ether oxygens (including phenoxy) is 1. The summed E-state index contributed by atoms with van der Waals surface area (Å²) in [6.07, 6.45) is 0. The van der Waals surface area contributed by atoms with E-state index in [1.54, 1.807) is 18.2 Å². The summed E-state index contributed by atoms with van der Waals surface area (Å²) in [4.78, 5) is 22.4. The van der Waals surface area contributed by atoms with Crippen molar-refractivity contribution in [2.24, 2.45) is 0 Å².